The normalized spacial score (nSPS) is 18.0. The Hall–Kier alpha value is -0.120. The molecule has 0 aliphatic rings. The maximum atomic E-state index is 9.01. The summed E-state index contributed by atoms with van der Waals surface area (Å²) < 4.78 is 0. The molecule has 0 spiro atoms. The maximum Gasteiger partial charge on any atom is 0.116 e. The van der Waals surface area contributed by atoms with Crippen LogP contribution in [0.25, 0.3) is 0 Å². The zero-order valence-corrected chi connectivity index (χ0v) is 7.92. The third-order valence-electron chi connectivity index (χ3n) is 1.13. The third-order valence-corrected chi connectivity index (χ3v) is 1.13. The monoisotopic (exact) mass is 162 g/mol. The quantitative estimate of drug-likeness (QED) is 0.505. The van der Waals surface area contributed by atoms with Crippen LogP contribution in [0.3, 0.4) is 0 Å². The fourth-order valence-corrected chi connectivity index (χ4v) is 0.301. The van der Waals surface area contributed by atoms with Gasteiger partial charge in [-0.05, 0) is 34.6 Å². The Labute approximate surface area is 68.2 Å². The zero-order valence-electron chi connectivity index (χ0n) is 7.92. The van der Waals surface area contributed by atoms with E-state index < -0.39 is 6.10 Å². The molecule has 0 aliphatic heterocycles. The first-order valence-electron chi connectivity index (χ1n) is 3.85. The molecule has 0 aromatic carbocycles. The van der Waals surface area contributed by atoms with E-state index in [4.69, 9.17) is 14.9 Å². The summed E-state index contributed by atoms with van der Waals surface area (Å²) in [7, 11) is 0. The van der Waals surface area contributed by atoms with Gasteiger partial charge in [-0.25, -0.2) is 9.78 Å². The van der Waals surface area contributed by atoms with Crippen LogP contribution in [0, 0.1) is 0 Å². The predicted octanol–water partition coefficient (Wildman–Crippen LogP) is 1.50. The number of aliphatic hydroxyl groups excluding tert-OH is 1. The molecule has 0 aromatic heterocycles. The smallest absolute Gasteiger partial charge is 0.116 e. The Morgan fingerprint density at radius 3 is 1.91 bits per heavy atom. The molecule has 0 saturated carbocycles. The predicted molar refractivity (Wildman–Crippen MR) is 43.1 cm³/mol. The molecular weight excluding hydrogens is 144 g/mol. The Kier molecular flexibility index (Phi) is 4.00. The molecule has 0 aromatic rings. The first-order chi connectivity index (χ1) is 4.83. The van der Waals surface area contributed by atoms with Gasteiger partial charge in [0.1, 0.15) is 6.10 Å². The first kappa shape index (κ1) is 10.9. The van der Waals surface area contributed by atoms with Gasteiger partial charge >= 0.3 is 0 Å². The van der Waals surface area contributed by atoms with Crippen LogP contribution < -0.4 is 0 Å². The summed E-state index contributed by atoms with van der Waals surface area (Å²) in [6.45, 7) is 9.10. The average Bonchev–Trinajstić information content (AvgIpc) is 1.80. The van der Waals surface area contributed by atoms with Crippen LogP contribution in [0.15, 0.2) is 0 Å². The van der Waals surface area contributed by atoms with Crippen molar-refractivity contribution in [1.82, 2.24) is 0 Å². The molecule has 3 nitrogen and oxygen atoms in total. The van der Waals surface area contributed by atoms with E-state index >= 15 is 0 Å². The standard InChI is InChI=1S/C8H18O3/c1-6(9)7(2)10-11-8(3,4)5/h6-7,9H,1-5H3. The summed E-state index contributed by atoms with van der Waals surface area (Å²) >= 11 is 0. The molecule has 0 amide bonds. The van der Waals surface area contributed by atoms with Gasteiger partial charge in [0.05, 0.1) is 11.7 Å². The first-order valence-corrected chi connectivity index (χ1v) is 3.85. The summed E-state index contributed by atoms with van der Waals surface area (Å²) in [6, 6.07) is 0. The van der Waals surface area contributed by atoms with E-state index in [1.54, 1.807) is 13.8 Å². The summed E-state index contributed by atoms with van der Waals surface area (Å²) in [5.41, 5.74) is -0.316. The van der Waals surface area contributed by atoms with Crippen LogP contribution in [-0.2, 0) is 9.78 Å². The number of rotatable bonds is 3. The topological polar surface area (TPSA) is 38.7 Å². The van der Waals surface area contributed by atoms with Gasteiger partial charge in [-0.15, -0.1) is 0 Å². The minimum Gasteiger partial charge on any atom is -0.391 e. The number of hydrogen-bond acceptors (Lipinski definition) is 3. The van der Waals surface area contributed by atoms with Gasteiger partial charge in [0, 0.05) is 0 Å². The molecule has 3 heteroatoms. The minimum absolute atomic E-state index is 0.283. The van der Waals surface area contributed by atoms with Gasteiger partial charge in [0.25, 0.3) is 0 Å². The SMILES string of the molecule is CC(O)C(C)OOC(C)(C)C. The summed E-state index contributed by atoms with van der Waals surface area (Å²) in [5.74, 6) is 0. The van der Waals surface area contributed by atoms with Crippen LogP contribution in [0.4, 0.5) is 0 Å². The summed E-state index contributed by atoms with van der Waals surface area (Å²) in [6.07, 6.45) is -0.786. The molecule has 1 N–H and O–H groups in total. The lowest BCUT2D eigenvalue weighted by molar-refractivity contribution is -0.379. The second kappa shape index (κ2) is 4.04. The Morgan fingerprint density at radius 1 is 1.18 bits per heavy atom. The van der Waals surface area contributed by atoms with E-state index in [1.165, 1.54) is 0 Å². The van der Waals surface area contributed by atoms with Crippen molar-refractivity contribution in [2.45, 2.75) is 52.4 Å². The van der Waals surface area contributed by atoms with Gasteiger partial charge < -0.3 is 5.11 Å². The van der Waals surface area contributed by atoms with E-state index in [0.29, 0.717) is 0 Å². The fourth-order valence-electron chi connectivity index (χ4n) is 0.301. The van der Waals surface area contributed by atoms with E-state index in [9.17, 15) is 0 Å². The molecule has 2 unspecified atom stereocenters. The Bertz CT molecular complexity index is 104. The fraction of sp³-hybridized carbons (Fsp3) is 1.00. The molecule has 2 atom stereocenters. The highest BCUT2D eigenvalue weighted by atomic mass is 17.2. The van der Waals surface area contributed by atoms with Crippen molar-refractivity contribution in [3.05, 3.63) is 0 Å². The van der Waals surface area contributed by atoms with Crippen molar-refractivity contribution in [2.24, 2.45) is 0 Å². The summed E-state index contributed by atoms with van der Waals surface area (Å²) in [5, 5.41) is 9.01. The van der Waals surface area contributed by atoms with Gasteiger partial charge in [-0.1, -0.05) is 0 Å². The third kappa shape index (κ3) is 6.28. The molecule has 0 saturated heterocycles. The van der Waals surface area contributed by atoms with Crippen molar-refractivity contribution >= 4 is 0 Å². The molecule has 0 fully saturated rings. The Balaban J connectivity index is 3.54. The van der Waals surface area contributed by atoms with Gasteiger partial charge in [0.2, 0.25) is 0 Å². The van der Waals surface area contributed by atoms with Crippen LogP contribution in [-0.4, -0.2) is 22.9 Å². The highest BCUT2D eigenvalue weighted by molar-refractivity contribution is 4.57. The second-order valence-electron chi connectivity index (χ2n) is 3.74. The minimum atomic E-state index is -0.502. The molecule has 11 heavy (non-hydrogen) atoms. The number of hydrogen-bond donors (Lipinski definition) is 1. The Morgan fingerprint density at radius 2 is 1.64 bits per heavy atom. The molecule has 0 aliphatic carbocycles. The summed E-state index contributed by atoms with van der Waals surface area (Å²) in [4.78, 5) is 9.91. The zero-order chi connectivity index (χ0) is 9.07. The van der Waals surface area contributed by atoms with E-state index in [-0.39, 0.29) is 11.7 Å². The lowest BCUT2D eigenvalue weighted by Crippen LogP contribution is -2.28. The van der Waals surface area contributed by atoms with Crippen molar-refractivity contribution in [3.8, 4) is 0 Å². The molecule has 68 valence electrons. The van der Waals surface area contributed by atoms with Gasteiger partial charge in [0.15, 0.2) is 0 Å². The van der Waals surface area contributed by atoms with Crippen molar-refractivity contribution in [2.75, 3.05) is 0 Å². The van der Waals surface area contributed by atoms with E-state index in [1.807, 2.05) is 20.8 Å². The molecule has 0 radical (unpaired) electrons. The van der Waals surface area contributed by atoms with Crippen LogP contribution in [0.1, 0.15) is 34.6 Å². The second-order valence-corrected chi connectivity index (χ2v) is 3.74. The maximum absolute atomic E-state index is 9.01. The van der Waals surface area contributed by atoms with Crippen molar-refractivity contribution < 1.29 is 14.9 Å². The van der Waals surface area contributed by atoms with E-state index in [2.05, 4.69) is 0 Å². The average molecular weight is 162 g/mol. The largest absolute Gasteiger partial charge is 0.391 e. The molecule has 0 bridgehead atoms. The lowest BCUT2D eigenvalue weighted by atomic mass is 10.2. The highest BCUT2D eigenvalue weighted by Gasteiger charge is 2.16. The van der Waals surface area contributed by atoms with Crippen LogP contribution >= 0.6 is 0 Å². The molecule has 0 heterocycles. The van der Waals surface area contributed by atoms with Gasteiger partial charge in [-0.2, -0.15) is 0 Å². The highest BCUT2D eigenvalue weighted by Crippen LogP contribution is 2.10. The molecule has 0 rings (SSSR count). The molecular formula is C8H18O3. The van der Waals surface area contributed by atoms with Crippen molar-refractivity contribution in [3.63, 3.8) is 0 Å². The van der Waals surface area contributed by atoms with Crippen molar-refractivity contribution in [1.29, 1.82) is 0 Å². The van der Waals surface area contributed by atoms with Gasteiger partial charge in [-0.3, -0.25) is 0 Å². The number of aliphatic hydroxyl groups is 1. The van der Waals surface area contributed by atoms with E-state index in [0.717, 1.165) is 0 Å². The lowest BCUT2D eigenvalue weighted by Gasteiger charge is -2.22. The van der Waals surface area contributed by atoms with Crippen LogP contribution in [0.5, 0.6) is 0 Å². The van der Waals surface area contributed by atoms with Crippen LogP contribution in [0.2, 0.25) is 0 Å².